The molecule has 122 valence electrons. The molecule has 0 unspecified atom stereocenters. The fourth-order valence-electron chi connectivity index (χ4n) is 2.41. The van der Waals surface area contributed by atoms with Gasteiger partial charge in [-0.1, -0.05) is 35.2 Å². The smallest absolute Gasteiger partial charge is 0.350 e. The van der Waals surface area contributed by atoms with Gasteiger partial charge in [-0.3, -0.25) is 9.59 Å². The molecular formula is C12H15BrF5NO2. The summed E-state index contributed by atoms with van der Waals surface area (Å²) in [6.45, 7) is -0.498. The number of carbonyl (C=O) groups is 2. The van der Waals surface area contributed by atoms with Crippen LogP contribution in [0.2, 0.25) is 0 Å². The summed E-state index contributed by atoms with van der Waals surface area (Å²) < 4.78 is 62.0. The monoisotopic (exact) mass is 379 g/mol. The summed E-state index contributed by atoms with van der Waals surface area (Å²) in [5.74, 6) is -8.17. The summed E-state index contributed by atoms with van der Waals surface area (Å²) >= 11 is 2.97. The number of Topliss-reactive ketones (excluding diaryl/α,β-unsaturated/α-hetero) is 1. The van der Waals surface area contributed by atoms with Crippen LogP contribution in [0.1, 0.15) is 32.1 Å². The van der Waals surface area contributed by atoms with E-state index in [4.69, 9.17) is 0 Å². The van der Waals surface area contributed by atoms with Crippen molar-refractivity contribution in [1.82, 2.24) is 5.32 Å². The van der Waals surface area contributed by atoms with Gasteiger partial charge in [0, 0.05) is 12.0 Å². The van der Waals surface area contributed by atoms with Gasteiger partial charge in [-0.2, -0.15) is 22.0 Å². The summed E-state index contributed by atoms with van der Waals surface area (Å²) in [5.41, 5.74) is -1.06. The van der Waals surface area contributed by atoms with Gasteiger partial charge in [0.15, 0.2) is 5.78 Å². The molecule has 0 atom stereocenters. The van der Waals surface area contributed by atoms with Crippen molar-refractivity contribution >= 4 is 27.6 Å². The Morgan fingerprint density at radius 3 is 2.00 bits per heavy atom. The molecule has 1 fully saturated rings. The van der Waals surface area contributed by atoms with Crippen LogP contribution in [0.4, 0.5) is 22.0 Å². The zero-order chi connectivity index (χ0) is 16.3. The predicted molar refractivity (Wildman–Crippen MR) is 68.3 cm³/mol. The molecule has 0 heterocycles. The highest BCUT2D eigenvalue weighted by Crippen LogP contribution is 2.39. The molecular weight excluding hydrogens is 365 g/mol. The molecule has 1 saturated carbocycles. The van der Waals surface area contributed by atoms with Crippen molar-refractivity contribution < 1.29 is 31.5 Å². The normalized spacial score (nSPS) is 19.1. The lowest BCUT2D eigenvalue weighted by Crippen LogP contribution is -2.54. The van der Waals surface area contributed by atoms with E-state index in [9.17, 15) is 31.5 Å². The Kier molecular flexibility index (Phi) is 5.74. The first-order valence-corrected chi connectivity index (χ1v) is 7.51. The lowest BCUT2D eigenvalue weighted by atomic mass is 9.71. The molecule has 0 aromatic carbocycles. The van der Waals surface area contributed by atoms with Crippen molar-refractivity contribution in [3.8, 4) is 0 Å². The first kappa shape index (κ1) is 18.3. The van der Waals surface area contributed by atoms with E-state index in [0.29, 0.717) is 25.7 Å². The van der Waals surface area contributed by atoms with Crippen molar-refractivity contribution in [1.29, 1.82) is 0 Å². The average Bonchev–Trinajstić information content (AvgIpc) is 2.43. The highest BCUT2D eigenvalue weighted by molar-refractivity contribution is 9.09. The van der Waals surface area contributed by atoms with Gasteiger partial charge in [-0.05, 0) is 12.8 Å². The van der Waals surface area contributed by atoms with E-state index in [0.717, 1.165) is 6.42 Å². The number of rotatable bonds is 5. The van der Waals surface area contributed by atoms with Gasteiger partial charge in [0.1, 0.15) is 0 Å². The first-order chi connectivity index (χ1) is 9.57. The van der Waals surface area contributed by atoms with Crippen LogP contribution >= 0.6 is 15.9 Å². The topological polar surface area (TPSA) is 46.2 Å². The molecule has 0 aliphatic heterocycles. The molecule has 0 aromatic rings. The molecule has 0 radical (unpaired) electrons. The number of amides is 1. The lowest BCUT2D eigenvalue weighted by molar-refractivity contribution is -0.269. The number of nitrogens with one attached hydrogen (secondary N) is 1. The van der Waals surface area contributed by atoms with E-state index in [1.807, 2.05) is 0 Å². The predicted octanol–water partition coefficient (Wildman–Crippen LogP) is 3.21. The number of hydrogen-bond acceptors (Lipinski definition) is 2. The van der Waals surface area contributed by atoms with Crippen LogP contribution in [0.25, 0.3) is 0 Å². The second kappa shape index (κ2) is 6.58. The van der Waals surface area contributed by atoms with Crippen LogP contribution in [0.15, 0.2) is 0 Å². The second-order valence-corrected chi connectivity index (χ2v) is 5.71. The molecule has 3 nitrogen and oxygen atoms in total. The highest BCUT2D eigenvalue weighted by atomic mass is 79.9. The molecule has 1 amide bonds. The standard InChI is InChI=1S/C12H15BrF5NO2/c13-6-8(20)10(4-2-1-3-5-10)7-19-9(21)11(14,15)12(16,17)18/h1-7H2,(H,19,21). The zero-order valence-electron chi connectivity index (χ0n) is 11.0. The number of ketones is 1. The Bertz CT molecular complexity index is 405. The molecule has 1 N–H and O–H groups in total. The molecule has 0 saturated heterocycles. The van der Waals surface area contributed by atoms with E-state index < -0.39 is 30.0 Å². The van der Waals surface area contributed by atoms with Crippen LogP contribution < -0.4 is 5.32 Å². The van der Waals surface area contributed by atoms with Crippen LogP contribution in [-0.4, -0.2) is 35.7 Å². The zero-order valence-corrected chi connectivity index (χ0v) is 12.6. The third kappa shape index (κ3) is 3.92. The van der Waals surface area contributed by atoms with E-state index in [1.54, 1.807) is 5.32 Å². The van der Waals surface area contributed by atoms with Crippen molar-refractivity contribution in [3.05, 3.63) is 0 Å². The number of halogens is 6. The van der Waals surface area contributed by atoms with Crippen LogP contribution in [0.3, 0.4) is 0 Å². The average molecular weight is 380 g/mol. The Hall–Kier alpha value is -0.730. The Morgan fingerprint density at radius 2 is 1.57 bits per heavy atom. The fraction of sp³-hybridized carbons (Fsp3) is 0.833. The summed E-state index contributed by atoms with van der Waals surface area (Å²) in [4.78, 5) is 23.0. The maximum absolute atomic E-state index is 12.9. The van der Waals surface area contributed by atoms with Gasteiger partial charge in [-0.25, -0.2) is 0 Å². The molecule has 1 rings (SSSR count). The van der Waals surface area contributed by atoms with E-state index >= 15 is 0 Å². The van der Waals surface area contributed by atoms with Crippen LogP contribution in [-0.2, 0) is 9.59 Å². The van der Waals surface area contributed by atoms with Crippen LogP contribution in [0, 0.1) is 5.41 Å². The van der Waals surface area contributed by atoms with E-state index in [1.165, 1.54) is 0 Å². The summed E-state index contributed by atoms with van der Waals surface area (Å²) in [5, 5.41) is 1.58. The van der Waals surface area contributed by atoms with Gasteiger partial charge in [0.2, 0.25) is 0 Å². The van der Waals surface area contributed by atoms with Gasteiger partial charge in [-0.15, -0.1) is 0 Å². The minimum atomic E-state index is -5.95. The minimum Gasteiger partial charge on any atom is -0.350 e. The summed E-state index contributed by atoms with van der Waals surface area (Å²) in [6, 6.07) is 0. The molecule has 0 bridgehead atoms. The maximum Gasteiger partial charge on any atom is 0.463 e. The number of alkyl halides is 6. The molecule has 9 heteroatoms. The third-order valence-electron chi connectivity index (χ3n) is 3.75. The Balaban J connectivity index is 2.78. The highest BCUT2D eigenvalue weighted by Gasteiger charge is 2.63. The summed E-state index contributed by atoms with van der Waals surface area (Å²) in [6.07, 6.45) is -3.00. The van der Waals surface area contributed by atoms with Gasteiger partial charge < -0.3 is 5.32 Å². The van der Waals surface area contributed by atoms with Crippen LogP contribution in [0.5, 0.6) is 0 Å². The Morgan fingerprint density at radius 1 is 1.05 bits per heavy atom. The largest absolute Gasteiger partial charge is 0.463 e. The molecule has 1 aliphatic rings. The van der Waals surface area contributed by atoms with Gasteiger partial charge in [0.25, 0.3) is 5.91 Å². The van der Waals surface area contributed by atoms with Crippen molar-refractivity contribution in [2.24, 2.45) is 5.41 Å². The molecule has 0 aromatic heterocycles. The SMILES string of the molecule is O=C(CBr)C1(CNC(=O)C(F)(F)C(F)(F)F)CCCCC1. The molecule has 21 heavy (non-hydrogen) atoms. The second-order valence-electron chi connectivity index (χ2n) is 5.15. The van der Waals surface area contributed by atoms with Gasteiger partial charge >= 0.3 is 12.1 Å². The number of carbonyl (C=O) groups excluding carboxylic acids is 2. The van der Waals surface area contributed by atoms with Gasteiger partial charge in [0.05, 0.1) is 5.33 Å². The van der Waals surface area contributed by atoms with Crippen molar-refractivity contribution in [3.63, 3.8) is 0 Å². The van der Waals surface area contributed by atoms with Crippen molar-refractivity contribution in [2.75, 3.05) is 11.9 Å². The Labute approximate surface area is 126 Å². The summed E-state index contributed by atoms with van der Waals surface area (Å²) in [7, 11) is 0. The van der Waals surface area contributed by atoms with E-state index in [2.05, 4.69) is 15.9 Å². The minimum absolute atomic E-state index is 0.0292. The molecule has 1 aliphatic carbocycles. The third-order valence-corrected chi connectivity index (χ3v) is 4.26. The number of hydrogen-bond donors (Lipinski definition) is 1. The quantitative estimate of drug-likeness (QED) is 0.588. The van der Waals surface area contributed by atoms with E-state index in [-0.39, 0.29) is 11.1 Å². The lowest BCUT2D eigenvalue weighted by Gasteiger charge is -2.36. The van der Waals surface area contributed by atoms with Crippen molar-refractivity contribution in [2.45, 2.75) is 44.2 Å². The first-order valence-electron chi connectivity index (χ1n) is 6.39. The fourth-order valence-corrected chi connectivity index (χ4v) is 3.01. The maximum atomic E-state index is 12.9. The molecule has 0 spiro atoms.